The van der Waals surface area contributed by atoms with Gasteiger partial charge in [-0.2, -0.15) is 13.2 Å². The minimum absolute atomic E-state index is 0.0448. The van der Waals surface area contributed by atoms with Gasteiger partial charge in [0.25, 0.3) is 5.91 Å². The number of carbonyl (C=O) groups is 1. The Balaban J connectivity index is 2.33. The van der Waals surface area contributed by atoms with Crippen LogP contribution in [0.1, 0.15) is 29.8 Å². The summed E-state index contributed by atoms with van der Waals surface area (Å²) in [6.07, 6.45) is -5.21. The van der Waals surface area contributed by atoms with Crippen LogP contribution in [-0.2, 0) is 6.18 Å². The minimum Gasteiger partial charge on any atom is -0.489 e. The summed E-state index contributed by atoms with van der Waals surface area (Å²) in [4.78, 5) is 12.2. The molecule has 2 aromatic carbocycles. The van der Waals surface area contributed by atoms with E-state index in [2.05, 4.69) is 5.32 Å². The molecule has 2 rings (SSSR count). The van der Waals surface area contributed by atoms with Crippen LogP contribution < -0.4 is 10.1 Å². The molecule has 0 aliphatic carbocycles. The van der Waals surface area contributed by atoms with E-state index >= 15 is 0 Å². The number of benzene rings is 2. The highest BCUT2D eigenvalue weighted by atomic mass is 19.4. The average Bonchev–Trinajstić information content (AvgIpc) is 2.48. The van der Waals surface area contributed by atoms with E-state index in [1.807, 2.05) is 0 Å². The quantitative estimate of drug-likeness (QED) is 0.778. The summed E-state index contributed by atoms with van der Waals surface area (Å²) in [5.74, 6) is -2.95. The normalized spacial score (nSPS) is 11.5. The van der Waals surface area contributed by atoms with E-state index in [0.29, 0.717) is 12.1 Å². The first-order chi connectivity index (χ1) is 11.6. The third-order valence-corrected chi connectivity index (χ3v) is 3.09. The molecule has 3 nitrogen and oxygen atoms in total. The molecule has 8 heteroatoms. The Morgan fingerprint density at radius 3 is 2.36 bits per heavy atom. The highest BCUT2D eigenvalue weighted by Crippen LogP contribution is 2.32. The van der Waals surface area contributed by atoms with Gasteiger partial charge in [-0.15, -0.1) is 0 Å². The van der Waals surface area contributed by atoms with Crippen LogP contribution in [0, 0.1) is 11.6 Å². The van der Waals surface area contributed by atoms with Gasteiger partial charge in [-0.25, -0.2) is 8.78 Å². The molecule has 0 radical (unpaired) electrons. The third-order valence-electron chi connectivity index (χ3n) is 3.09. The van der Waals surface area contributed by atoms with Crippen molar-refractivity contribution in [1.29, 1.82) is 0 Å². The van der Waals surface area contributed by atoms with Crippen LogP contribution >= 0.6 is 0 Å². The van der Waals surface area contributed by atoms with Gasteiger partial charge in [0.15, 0.2) is 0 Å². The van der Waals surface area contributed by atoms with Crippen molar-refractivity contribution < 1.29 is 31.5 Å². The van der Waals surface area contributed by atoms with Crippen LogP contribution in [0.3, 0.4) is 0 Å². The number of halogens is 5. The van der Waals surface area contributed by atoms with Gasteiger partial charge in [-0.3, -0.25) is 4.79 Å². The zero-order valence-corrected chi connectivity index (χ0v) is 13.2. The second-order valence-corrected chi connectivity index (χ2v) is 5.45. The monoisotopic (exact) mass is 359 g/mol. The third kappa shape index (κ3) is 4.68. The molecule has 25 heavy (non-hydrogen) atoms. The van der Waals surface area contributed by atoms with Crippen molar-refractivity contribution >= 4 is 11.6 Å². The summed E-state index contributed by atoms with van der Waals surface area (Å²) in [5.41, 5.74) is -2.02. The molecular formula is C17H14F5NO2. The van der Waals surface area contributed by atoms with Gasteiger partial charge in [-0.1, -0.05) is 0 Å². The summed E-state index contributed by atoms with van der Waals surface area (Å²) in [7, 11) is 0. The Hall–Kier alpha value is -2.64. The standard InChI is InChI=1S/C17H14F5NO2/c1-9(2)25-15-6-4-11(18)8-14(15)23-16(24)10-3-5-13(19)12(7-10)17(20,21)22/h3-9H,1-2H3,(H,23,24). The molecule has 1 amide bonds. The lowest BCUT2D eigenvalue weighted by molar-refractivity contribution is -0.140. The second-order valence-electron chi connectivity index (χ2n) is 5.45. The molecule has 0 unspecified atom stereocenters. The van der Waals surface area contributed by atoms with Crippen LogP contribution in [0.4, 0.5) is 27.6 Å². The number of hydrogen-bond acceptors (Lipinski definition) is 2. The lowest BCUT2D eigenvalue weighted by Gasteiger charge is -2.15. The Labute approximate surface area is 140 Å². The first-order valence-electron chi connectivity index (χ1n) is 7.22. The lowest BCUT2D eigenvalue weighted by Crippen LogP contribution is -2.16. The number of hydrogen-bond donors (Lipinski definition) is 1. The molecule has 2 aromatic rings. The molecule has 0 saturated carbocycles. The van der Waals surface area contributed by atoms with Gasteiger partial charge in [0.2, 0.25) is 0 Å². The first kappa shape index (κ1) is 18.7. The molecule has 0 bridgehead atoms. The Morgan fingerprint density at radius 1 is 1.08 bits per heavy atom. The fourth-order valence-electron chi connectivity index (χ4n) is 2.03. The highest BCUT2D eigenvalue weighted by molar-refractivity contribution is 6.05. The van der Waals surface area contributed by atoms with E-state index in [4.69, 9.17) is 4.74 Å². The SMILES string of the molecule is CC(C)Oc1ccc(F)cc1NC(=O)c1ccc(F)c(C(F)(F)F)c1. The smallest absolute Gasteiger partial charge is 0.419 e. The summed E-state index contributed by atoms with van der Waals surface area (Å²) < 4.78 is 70.3. The number of ether oxygens (including phenoxy) is 1. The van der Waals surface area contributed by atoms with Crippen LogP contribution in [0.5, 0.6) is 5.75 Å². The van der Waals surface area contributed by atoms with Gasteiger partial charge in [0.05, 0.1) is 17.4 Å². The Kier molecular flexibility index (Phi) is 5.30. The van der Waals surface area contributed by atoms with E-state index in [9.17, 15) is 26.7 Å². The molecule has 0 aliphatic rings. The predicted octanol–water partition coefficient (Wildman–Crippen LogP) is 5.02. The highest BCUT2D eigenvalue weighted by Gasteiger charge is 2.34. The largest absolute Gasteiger partial charge is 0.489 e. The number of carbonyl (C=O) groups excluding carboxylic acids is 1. The number of alkyl halides is 3. The van der Waals surface area contributed by atoms with E-state index < -0.39 is 34.8 Å². The minimum atomic E-state index is -4.94. The van der Waals surface area contributed by atoms with Gasteiger partial charge < -0.3 is 10.1 Å². The molecule has 0 spiro atoms. The van der Waals surface area contributed by atoms with Gasteiger partial charge in [0, 0.05) is 11.6 Å². The maximum absolute atomic E-state index is 13.4. The summed E-state index contributed by atoms with van der Waals surface area (Å²) in [5, 5.41) is 2.28. The van der Waals surface area contributed by atoms with Gasteiger partial charge in [0.1, 0.15) is 17.4 Å². The molecule has 0 aromatic heterocycles. The zero-order valence-electron chi connectivity index (χ0n) is 13.2. The number of rotatable bonds is 4. The lowest BCUT2D eigenvalue weighted by atomic mass is 10.1. The molecular weight excluding hydrogens is 345 g/mol. The van der Waals surface area contributed by atoms with Crippen LogP contribution in [0.2, 0.25) is 0 Å². The summed E-state index contributed by atoms with van der Waals surface area (Å²) in [6.45, 7) is 3.43. The molecule has 0 aliphatic heterocycles. The van der Waals surface area contributed by atoms with Crippen LogP contribution in [0.25, 0.3) is 0 Å². The first-order valence-corrected chi connectivity index (χ1v) is 7.22. The summed E-state index contributed by atoms with van der Waals surface area (Å²) in [6, 6.07) is 5.23. The molecule has 0 saturated heterocycles. The van der Waals surface area contributed by atoms with E-state index in [1.165, 1.54) is 6.07 Å². The van der Waals surface area contributed by atoms with Crippen molar-refractivity contribution in [2.45, 2.75) is 26.1 Å². The van der Waals surface area contributed by atoms with Crippen LogP contribution in [0.15, 0.2) is 36.4 Å². The van der Waals surface area contributed by atoms with E-state index in [0.717, 1.165) is 18.2 Å². The van der Waals surface area contributed by atoms with Crippen molar-refractivity contribution in [3.05, 3.63) is 59.2 Å². The Bertz CT molecular complexity index is 787. The molecule has 1 N–H and O–H groups in total. The van der Waals surface area contributed by atoms with Crippen molar-refractivity contribution in [3.8, 4) is 5.75 Å². The summed E-state index contributed by atoms with van der Waals surface area (Å²) >= 11 is 0. The van der Waals surface area contributed by atoms with Gasteiger partial charge in [-0.05, 0) is 44.2 Å². The average molecular weight is 359 g/mol. The van der Waals surface area contributed by atoms with E-state index in [1.54, 1.807) is 13.8 Å². The molecule has 0 heterocycles. The number of nitrogens with one attached hydrogen (secondary N) is 1. The maximum Gasteiger partial charge on any atom is 0.419 e. The number of amides is 1. The molecule has 134 valence electrons. The predicted molar refractivity (Wildman–Crippen MR) is 81.5 cm³/mol. The van der Waals surface area contributed by atoms with Gasteiger partial charge >= 0.3 is 6.18 Å². The molecule has 0 fully saturated rings. The van der Waals surface area contributed by atoms with Crippen molar-refractivity contribution in [2.75, 3.05) is 5.32 Å². The second kappa shape index (κ2) is 7.08. The topological polar surface area (TPSA) is 38.3 Å². The van der Waals surface area contributed by atoms with Crippen molar-refractivity contribution in [3.63, 3.8) is 0 Å². The fraction of sp³-hybridized carbons (Fsp3) is 0.235. The van der Waals surface area contributed by atoms with Crippen molar-refractivity contribution in [2.24, 2.45) is 0 Å². The number of anilines is 1. The molecule has 0 atom stereocenters. The van der Waals surface area contributed by atoms with Crippen LogP contribution in [-0.4, -0.2) is 12.0 Å². The maximum atomic E-state index is 13.4. The van der Waals surface area contributed by atoms with Crippen molar-refractivity contribution in [1.82, 2.24) is 0 Å². The Morgan fingerprint density at radius 2 is 1.76 bits per heavy atom. The van der Waals surface area contributed by atoms with E-state index in [-0.39, 0.29) is 17.5 Å². The fourth-order valence-corrected chi connectivity index (χ4v) is 2.03. The zero-order chi connectivity index (χ0) is 18.8.